The summed E-state index contributed by atoms with van der Waals surface area (Å²) >= 11 is 0. The fraction of sp³-hybridized carbons (Fsp3) is 0.278. The second-order valence-electron chi connectivity index (χ2n) is 6.25. The molecule has 0 atom stereocenters. The third kappa shape index (κ3) is 6.37. The van der Waals surface area contributed by atoms with Crippen LogP contribution in [0.25, 0.3) is 0 Å². The van der Waals surface area contributed by atoms with Crippen LogP contribution in [0.5, 0.6) is 0 Å². The molecule has 0 spiro atoms. The number of rotatable bonds is 6. The van der Waals surface area contributed by atoms with Crippen molar-refractivity contribution in [2.45, 2.75) is 25.7 Å². The highest BCUT2D eigenvalue weighted by Gasteiger charge is 2.37. The maximum Gasteiger partial charge on any atom is 0.416 e. The summed E-state index contributed by atoms with van der Waals surface area (Å²) in [5.74, 6) is -1.30. The van der Waals surface area contributed by atoms with Crippen LogP contribution in [0.1, 0.15) is 34.8 Å². The molecule has 2 aromatic carbocycles. The minimum Gasteiger partial charge on any atom is -0.322 e. The van der Waals surface area contributed by atoms with Gasteiger partial charge >= 0.3 is 12.4 Å². The van der Waals surface area contributed by atoms with E-state index in [1.807, 2.05) is 0 Å². The molecule has 0 saturated carbocycles. The molecule has 0 aliphatic heterocycles. The van der Waals surface area contributed by atoms with E-state index in [-0.39, 0.29) is 23.2 Å². The van der Waals surface area contributed by atoms with Crippen molar-refractivity contribution < 1.29 is 39.6 Å². The minimum absolute atomic E-state index is 0.0457. The highest BCUT2D eigenvalue weighted by atomic mass is 32.2. The van der Waals surface area contributed by atoms with Crippen LogP contribution >= 0.6 is 0 Å². The van der Waals surface area contributed by atoms with Gasteiger partial charge in [-0.05, 0) is 48.9 Å². The number of alkyl halides is 6. The van der Waals surface area contributed by atoms with Crippen LogP contribution in [-0.4, -0.2) is 20.1 Å². The summed E-state index contributed by atoms with van der Waals surface area (Å²) in [6.07, 6.45) is -9.76. The monoisotopic (exact) mass is 454 g/mol. The van der Waals surface area contributed by atoms with Crippen LogP contribution in [0.2, 0.25) is 0 Å². The van der Waals surface area contributed by atoms with Gasteiger partial charge in [-0.25, -0.2) is 8.42 Å². The van der Waals surface area contributed by atoms with Gasteiger partial charge in [-0.3, -0.25) is 9.52 Å². The van der Waals surface area contributed by atoms with Crippen LogP contribution in [-0.2, 0) is 22.4 Å². The van der Waals surface area contributed by atoms with E-state index in [0.29, 0.717) is 18.6 Å². The first kappa shape index (κ1) is 23.5. The zero-order valence-electron chi connectivity index (χ0n) is 15.4. The molecule has 2 aromatic rings. The van der Waals surface area contributed by atoms with Gasteiger partial charge in [0.25, 0.3) is 5.91 Å². The Morgan fingerprint density at radius 1 is 0.867 bits per heavy atom. The maximum atomic E-state index is 12.9. The number of halogens is 6. The molecule has 0 aromatic heterocycles. The fourth-order valence-corrected chi connectivity index (χ4v) is 3.54. The highest BCUT2D eigenvalue weighted by Crippen LogP contribution is 2.36. The van der Waals surface area contributed by atoms with Crippen molar-refractivity contribution in [3.63, 3.8) is 0 Å². The molecule has 2 rings (SSSR count). The van der Waals surface area contributed by atoms with Gasteiger partial charge in [0.15, 0.2) is 0 Å². The van der Waals surface area contributed by atoms with Gasteiger partial charge in [0, 0.05) is 16.9 Å². The van der Waals surface area contributed by atoms with Gasteiger partial charge in [-0.15, -0.1) is 0 Å². The number of hydrogen-bond donors (Lipinski definition) is 2. The number of hydrogen-bond acceptors (Lipinski definition) is 3. The number of anilines is 2. The molecule has 0 bridgehead atoms. The molecule has 0 unspecified atom stereocenters. The summed E-state index contributed by atoms with van der Waals surface area (Å²) in [5, 5.41) is 2.18. The smallest absolute Gasteiger partial charge is 0.322 e. The molecule has 0 saturated heterocycles. The Kier molecular flexibility index (Phi) is 6.70. The lowest BCUT2D eigenvalue weighted by Crippen LogP contribution is -2.17. The Labute approximate surface area is 168 Å². The van der Waals surface area contributed by atoms with Crippen molar-refractivity contribution in [2.75, 3.05) is 15.8 Å². The Bertz CT molecular complexity index is 983. The molecule has 0 aliphatic rings. The predicted molar refractivity (Wildman–Crippen MR) is 98.5 cm³/mol. The van der Waals surface area contributed by atoms with Crippen molar-refractivity contribution in [3.05, 3.63) is 59.2 Å². The van der Waals surface area contributed by atoms with Gasteiger partial charge in [0.2, 0.25) is 10.0 Å². The first-order valence-electron chi connectivity index (χ1n) is 8.42. The molecule has 164 valence electrons. The quantitative estimate of drug-likeness (QED) is 0.595. The first-order chi connectivity index (χ1) is 13.7. The molecule has 5 nitrogen and oxygen atoms in total. The van der Waals surface area contributed by atoms with Crippen LogP contribution in [0.3, 0.4) is 0 Å². The van der Waals surface area contributed by atoms with E-state index in [1.165, 1.54) is 24.3 Å². The fourth-order valence-electron chi connectivity index (χ4n) is 2.41. The molecule has 0 radical (unpaired) electrons. The molecule has 1 amide bonds. The second-order valence-corrected chi connectivity index (χ2v) is 8.09. The average Bonchev–Trinajstić information content (AvgIpc) is 2.61. The molecular weight excluding hydrogens is 438 g/mol. The zero-order chi connectivity index (χ0) is 22.7. The van der Waals surface area contributed by atoms with E-state index >= 15 is 0 Å². The standard InChI is InChI=1S/C18H16F6N2O3S/c1-2-7-30(28,29)26-15-5-3-14(4-6-15)25-16(27)11-8-12(17(19,20)21)10-13(9-11)18(22,23)24/h3-6,8-10,26H,2,7H2,1H3,(H,25,27). The number of nitrogens with one attached hydrogen (secondary N) is 2. The number of sulfonamides is 1. The Balaban J connectivity index is 2.25. The van der Waals surface area contributed by atoms with Crippen molar-refractivity contribution in [1.82, 2.24) is 0 Å². The summed E-state index contributed by atoms with van der Waals surface area (Å²) in [6, 6.07) is 5.63. The molecule has 0 fully saturated rings. The van der Waals surface area contributed by atoms with Crippen molar-refractivity contribution in [1.29, 1.82) is 0 Å². The van der Waals surface area contributed by atoms with Gasteiger partial charge in [-0.1, -0.05) is 6.92 Å². The summed E-state index contributed by atoms with van der Waals surface area (Å²) in [7, 11) is -3.55. The maximum absolute atomic E-state index is 12.9. The van der Waals surface area contributed by atoms with Crippen molar-refractivity contribution in [3.8, 4) is 0 Å². The van der Waals surface area contributed by atoms with Crippen LogP contribution in [0, 0.1) is 0 Å². The summed E-state index contributed by atoms with van der Waals surface area (Å²) in [4.78, 5) is 12.2. The summed E-state index contributed by atoms with van der Waals surface area (Å²) in [6.45, 7) is 1.68. The third-order valence-corrected chi connectivity index (χ3v) is 5.23. The van der Waals surface area contributed by atoms with Crippen molar-refractivity contribution >= 4 is 27.3 Å². The third-order valence-electron chi connectivity index (χ3n) is 3.74. The molecule has 0 aliphatic carbocycles. The lowest BCUT2D eigenvalue weighted by atomic mass is 10.0. The zero-order valence-corrected chi connectivity index (χ0v) is 16.2. The predicted octanol–water partition coefficient (Wildman–Crippen LogP) is 5.13. The molecular formula is C18H16F6N2O3S. The number of benzene rings is 2. The number of carbonyl (C=O) groups is 1. The lowest BCUT2D eigenvalue weighted by Gasteiger charge is -2.14. The van der Waals surface area contributed by atoms with Crippen LogP contribution in [0.4, 0.5) is 37.7 Å². The largest absolute Gasteiger partial charge is 0.416 e. The molecule has 2 N–H and O–H groups in total. The van der Waals surface area contributed by atoms with E-state index < -0.39 is 45.0 Å². The van der Waals surface area contributed by atoms with Gasteiger partial charge in [0.05, 0.1) is 16.9 Å². The van der Waals surface area contributed by atoms with E-state index in [9.17, 15) is 39.6 Å². The first-order valence-corrected chi connectivity index (χ1v) is 10.1. The molecule has 30 heavy (non-hydrogen) atoms. The Hall–Kier alpha value is -2.76. The van der Waals surface area contributed by atoms with Crippen LogP contribution in [0.15, 0.2) is 42.5 Å². The number of carbonyl (C=O) groups excluding carboxylic acids is 1. The second kappa shape index (κ2) is 8.54. The summed E-state index contributed by atoms with van der Waals surface area (Å²) < 4.78 is 103. The normalized spacial score (nSPS) is 12.5. The molecule has 12 heteroatoms. The van der Waals surface area contributed by atoms with E-state index in [2.05, 4.69) is 10.0 Å². The SMILES string of the molecule is CCCS(=O)(=O)Nc1ccc(NC(=O)c2cc(C(F)(F)F)cc(C(F)(F)F)c2)cc1. The topological polar surface area (TPSA) is 75.3 Å². The van der Waals surface area contributed by atoms with E-state index in [0.717, 1.165) is 0 Å². The van der Waals surface area contributed by atoms with Gasteiger partial charge in [-0.2, -0.15) is 26.3 Å². The van der Waals surface area contributed by atoms with Gasteiger partial charge in [0.1, 0.15) is 0 Å². The highest BCUT2D eigenvalue weighted by molar-refractivity contribution is 7.92. The Morgan fingerprint density at radius 2 is 1.33 bits per heavy atom. The van der Waals surface area contributed by atoms with Crippen molar-refractivity contribution in [2.24, 2.45) is 0 Å². The van der Waals surface area contributed by atoms with Gasteiger partial charge < -0.3 is 5.32 Å². The van der Waals surface area contributed by atoms with E-state index in [1.54, 1.807) is 6.92 Å². The van der Waals surface area contributed by atoms with E-state index in [4.69, 9.17) is 0 Å². The lowest BCUT2D eigenvalue weighted by molar-refractivity contribution is -0.143. The Morgan fingerprint density at radius 3 is 1.77 bits per heavy atom. The minimum atomic E-state index is -5.08. The molecule has 0 heterocycles. The average molecular weight is 454 g/mol. The van der Waals surface area contributed by atoms with Crippen LogP contribution < -0.4 is 10.0 Å². The summed E-state index contributed by atoms with van der Waals surface area (Å²) in [5.41, 5.74) is -3.82. The number of amides is 1.